The highest BCUT2D eigenvalue weighted by atomic mass is 32.2. The van der Waals surface area contributed by atoms with Crippen LogP contribution in [0.5, 0.6) is 0 Å². The second-order valence-corrected chi connectivity index (χ2v) is 8.84. The van der Waals surface area contributed by atoms with E-state index in [1.807, 2.05) is 12.1 Å². The summed E-state index contributed by atoms with van der Waals surface area (Å²) in [6.45, 7) is 7.99. The summed E-state index contributed by atoms with van der Waals surface area (Å²) in [5, 5.41) is 13.8. The second-order valence-electron chi connectivity index (χ2n) is 5.74. The number of nitrogens with zero attached hydrogens (tertiary/aromatic N) is 3. The van der Waals surface area contributed by atoms with E-state index in [4.69, 9.17) is 0 Å². The predicted molar refractivity (Wildman–Crippen MR) is 110 cm³/mol. The van der Waals surface area contributed by atoms with Gasteiger partial charge in [0.05, 0.1) is 0 Å². The molecule has 3 rings (SSSR count). The van der Waals surface area contributed by atoms with Crippen molar-refractivity contribution in [1.82, 2.24) is 15.2 Å². The normalized spacial score (nSPS) is 10.9. The van der Waals surface area contributed by atoms with E-state index in [1.165, 1.54) is 40.0 Å². The molecule has 0 unspecified atom stereocenters. The third kappa shape index (κ3) is 4.57. The summed E-state index contributed by atoms with van der Waals surface area (Å²) in [5.74, 6) is 0.971. The van der Waals surface area contributed by atoms with Crippen LogP contribution in [0.25, 0.3) is 10.6 Å². The zero-order chi connectivity index (χ0) is 18.5. The minimum absolute atomic E-state index is 0.275. The molecule has 1 aromatic carbocycles. The van der Waals surface area contributed by atoms with Gasteiger partial charge in [0.15, 0.2) is 4.34 Å². The lowest BCUT2D eigenvalue weighted by Crippen LogP contribution is -2.12. The monoisotopic (exact) mass is 402 g/mol. The van der Waals surface area contributed by atoms with Gasteiger partial charge in [0.25, 0.3) is 5.91 Å². The summed E-state index contributed by atoms with van der Waals surface area (Å²) in [6, 6.07) is 8.29. The maximum Gasteiger partial charge on any atom is 0.276 e. The van der Waals surface area contributed by atoms with Crippen LogP contribution in [-0.4, -0.2) is 26.8 Å². The minimum atomic E-state index is -0.275. The van der Waals surface area contributed by atoms with E-state index < -0.39 is 0 Å². The van der Waals surface area contributed by atoms with E-state index in [2.05, 4.69) is 53.1 Å². The quantitative estimate of drug-likeness (QED) is 0.329. The van der Waals surface area contributed by atoms with Crippen molar-refractivity contribution in [3.05, 3.63) is 53.6 Å². The van der Waals surface area contributed by atoms with Crippen LogP contribution >= 0.6 is 34.4 Å². The lowest BCUT2D eigenvalue weighted by atomic mass is 10.0. The Kier molecular flexibility index (Phi) is 6.18. The van der Waals surface area contributed by atoms with Gasteiger partial charge >= 0.3 is 0 Å². The van der Waals surface area contributed by atoms with Crippen molar-refractivity contribution in [3.63, 3.8) is 0 Å². The van der Waals surface area contributed by atoms with Crippen LogP contribution in [0.4, 0.5) is 5.13 Å². The Morgan fingerprint density at radius 2 is 2.08 bits per heavy atom. The molecule has 0 bridgehead atoms. The van der Waals surface area contributed by atoms with Gasteiger partial charge < -0.3 is 0 Å². The molecule has 0 aliphatic heterocycles. The Hall–Kier alpha value is -2.03. The highest BCUT2D eigenvalue weighted by molar-refractivity contribution is 8.01. The molecule has 3 aromatic rings. The molecular weight excluding hydrogens is 384 g/mol. The van der Waals surface area contributed by atoms with Crippen LogP contribution in [0.3, 0.4) is 0 Å². The molecule has 8 heteroatoms. The maximum atomic E-state index is 12.4. The number of amides is 1. The van der Waals surface area contributed by atoms with Gasteiger partial charge in [0.2, 0.25) is 5.13 Å². The van der Waals surface area contributed by atoms with E-state index in [9.17, 15) is 4.79 Å². The van der Waals surface area contributed by atoms with Crippen LogP contribution in [-0.2, 0) is 0 Å². The van der Waals surface area contributed by atoms with Gasteiger partial charge in [-0.3, -0.25) is 10.1 Å². The first-order valence-corrected chi connectivity index (χ1v) is 10.7. The Morgan fingerprint density at radius 3 is 2.77 bits per heavy atom. The van der Waals surface area contributed by atoms with Crippen LogP contribution in [0.1, 0.15) is 35.8 Å². The number of benzene rings is 1. The topological polar surface area (TPSA) is 67.8 Å². The number of aromatic nitrogens is 3. The number of rotatable bonds is 7. The first-order chi connectivity index (χ1) is 12.6. The average molecular weight is 403 g/mol. The van der Waals surface area contributed by atoms with Gasteiger partial charge in [0.1, 0.15) is 10.7 Å². The fourth-order valence-corrected chi connectivity index (χ4v) is 4.45. The summed E-state index contributed by atoms with van der Waals surface area (Å²) in [6.07, 6.45) is 1.80. The number of thiazole rings is 1. The largest absolute Gasteiger partial charge is 0.295 e. The average Bonchev–Trinajstić information content (AvgIpc) is 3.29. The lowest BCUT2D eigenvalue weighted by molar-refractivity contribution is 0.102. The van der Waals surface area contributed by atoms with E-state index >= 15 is 0 Å². The predicted octanol–water partition coefficient (Wildman–Crippen LogP) is 5.32. The Labute approximate surface area is 164 Å². The first kappa shape index (κ1) is 18.8. The molecule has 0 saturated carbocycles. The van der Waals surface area contributed by atoms with Crippen molar-refractivity contribution in [3.8, 4) is 10.6 Å². The van der Waals surface area contributed by atoms with E-state index in [-0.39, 0.29) is 5.91 Å². The molecule has 1 N–H and O–H groups in total. The van der Waals surface area contributed by atoms with Crippen LogP contribution < -0.4 is 5.32 Å². The number of hydrogen-bond acceptors (Lipinski definition) is 7. The van der Waals surface area contributed by atoms with Gasteiger partial charge in [-0.05, 0) is 11.5 Å². The van der Waals surface area contributed by atoms with Crippen LogP contribution in [0.15, 0.2) is 46.6 Å². The van der Waals surface area contributed by atoms with E-state index in [1.54, 1.807) is 11.5 Å². The zero-order valence-electron chi connectivity index (χ0n) is 14.4. The lowest BCUT2D eigenvalue weighted by Gasteiger charge is -2.05. The molecule has 1 amide bonds. The van der Waals surface area contributed by atoms with Crippen molar-refractivity contribution in [2.45, 2.75) is 24.1 Å². The summed E-state index contributed by atoms with van der Waals surface area (Å²) in [4.78, 5) is 16.8. The molecule has 5 nitrogen and oxygen atoms in total. The standard InChI is InChI=1S/C18H18N4OS3/c1-4-9-24-18-22-21-17(26-18)20-15(23)14-10-25-16(19-14)13-7-5-12(6-8-13)11(2)3/h4-8,10-11H,1,9H2,2-3H3,(H,20,21,23). The third-order valence-electron chi connectivity index (χ3n) is 3.51. The van der Waals surface area contributed by atoms with Crippen molar-refractivity contribution >= 4 is 45.5 Å². The van der Waals surface area contributed by atoms with Crippen LogP contribution in [0, 0.1) is 0 Å². The number of carbonyl (C=O) groups is 1. The SMILES string of the molecule is C=CCSc1nnc(NC(=O)c2csc(-c3ccc(C(C)C)cc3)n2)s1. The first-order valence-electron chi connectivity index (χ1n) is 8.01. The number of nitrogens with one attached hydrogen (secondary N) is 1. The molecule has 0 aliphatic rings. The number of thioether (sulfide) groups is 1. The molecular formula is C18H18N4OS3. The summed E-state index contributed by atoms with van der Waals surface area (Å²) >= 11 is 4.32. The highest BCUT2D eigenvalue weighted by Crippen LogP contribution is 2.28. The van der Waals surface area contributed by atoms with E-state index in [0.717, 1.165) is 20.7 Å². The van der Waals surface area contributed by atoms with Gasteiger partial charge in [-0.2, -0.15) is 0 Å². The fourth-order valence-electron chi connectivity index (χ4n) is 2.13. The molecule has 0 radical (unpaired) electrons. The molecule has 2 aromatic heterocycles. The van der Waals surface area contributed by atoms with Gasteiger partial charge in [-0.15, -0.1) is 28.1 Å². The summed E-state index contributed by atoms with van der Waals surface area (Å²) < 4.78 is 0.796. The van der Waals surface area contributed by atoms with Gasteiger partial charge in [-0.1, -0.05) is 67.3 Å². The third-order valence-corrected chi connectivity index (χ3v) is 6.37. The van der Waals surface area contributed by atoms with Gasteiger partial charge in [0, 0.05) is 16.7 Å². The number of carbonyl (C=O) groups excluding carboxylic acids is 1. The fraction of sp³-hybridized carbons (Fsp3) is 0.222. The van der Waals surface area contributed by atoms with Crippen molar-refractivity contribution in [2.75, 3.05) is 11.1 Å². The smallest absolute Gasteiger partial charge is 0.276 e. The molecule has 0 spiro atoms. The summed E-state index contributed by atoms with van der Waals surface area (Å²) in [7, 11) is 0. The Balaban J connectivity index is 1.67. The molecule has 134 valence electrons. The molecule has 0 aliphatic carbocycles. The Bertz CT molecular complexity index is 899. The summed E-state index contributed by atoms with van der Waals surface area (Å²) in [5.41, 5.74) is 2.68. The van der Waals surface area contributed by atoms with Crippen molar-refractivity contribution in [1.29, 1.82) is 0 Å². The number of hydrogen-bond donors (Lipinski definition) is 1. The number of anilines is 1. The van der Waals surface area contributed by atoms with Crippen molar-refractivity contribution < 1.29 is 4.79 Å². The van der Waals surface area contributed by atoms with Crippen molar-refractivity contribution in [2.24, 2.45) is 0 Å². The molecule has 2 heterocycles. The molecule has 26 heavy (non-hydrogen) atoms. The maximum absolute atomic E-state index is 12.4. The zero-order valence-corrected chi connectivity index (χ0v) is 16.9. The second kappa shape index (κ2) is 8.57. The van der Waals surface area contributed by atoms with E-state index in [0.29, 0.717) is 16.7 Å². The minimum Gasteiger partial charge on any atom is -0.295 e. The van der Waals surface area contributed by atoms with Gasteiger partial charge in [-0.25, -0.2) is 4.98 Å². The molecule has 0 fully saturated rings. The van der Waals surface area contributed by atoms with Crippen LogP contribution in [0.2, 0.25) is 0 Å². The Morgan fingerprint density at radius 1 is 1.31 bits per heavy atom. The molecule has 0 atom stereocenters. The molecule has 0 saturated heterocycles. The highest BCUT2D eigenvalue weighted by Gasteiger charge is 2.14.